The average molecular weight is 350 g/mol. The van der Waals surface area contributed by atoms with Crippen molar-refractivity contribution in [2.75, 3.05) is 6.54 Å². The highest BCUT2D eigenvalue weighted by atomic mass is 79.9. The number of hydrogen-bond donors (Lipinski definition) is 1. The van der Waals surface area contributed by atoms with Crippen LogP contribution in [-0.2, 0) is 12.8 Å². The summed E-state index contributed by atoms with van der Waals surface area (Å²) in [6, 6.07) is 13.9. The van der Waals surface area contributed by atoms with Crippen LogP contribution in [-0.4, -0.2) is 12.6 Å². The summed E-state index contributed by atoms with van der Waals surface area (Å²) >= 11 is 3.30. The largest absolute Gasteiger partial charge is 0.314 e. The Balaban J connectivity index is 2.14. The van der Waals surface area contributed by atoms with Crippen LogP contribution >= 0.6 is 15.9 Å². The summed E-state index contributed by atoms with van der Waals surface area (Å²) in [7, 11) is 0. The highest BCUT2D eigenvalue weighted by Gasteiger charge is 2.13. The molecule has 0 amide bonds. The maximum atomic E-state index is 14.0. The zero-order chi connectivity index (χ0) is 15.2. The van der Waals surface area contributed by atoms with E-state index in [0.29, 0.717) is 6.42 Å². The van der Waals surface area contributed by atoms with Gasteiger partial charge in [-0.15, -0.1) is 0 Å². The molecule has 21 heavy (non-hydrogen) atoms. The first-order valence-electron chi connectivity index (χ1n) is 7.32. The summed E-state index contributed by atoms with van der Waals surface area (Å²) in [5.74, 6) is -0.142. The normalized spacial score (nSPS) is 12.4. The van der Waals surface area contributed by atoms with Gasteiger partial charge in [0, 0.05) is 10.5 Å². The van der Waals surface area contributed by atoms with Gasteiger partial charge in [-0.25, -0.2) is 4.39 Å². The molecule has 0 aliphatic rings. The van der Waals surface area contributed by atoms with Gasteiger partial charge in [0.25, 0.3) is 0 Å². The monoisotopic (exact) mass is 349 g/mol. The van der Waals surface area contributed by atoms with Crippen LogP contribution in [0.4, 0.5) is 4.39 Å². The van der Waals surface area contributed by atoms with E-state index >= 15 is 0 Å². The molecule has 0 heterocycles. The van der Waals surface area contributed by atoms with Crippen LogP contribution < -0.4 is 5.32 Å². The highest BCUT2D eigenvalue weighted by Crippen LogP contribution is 2.18. The van der Waals surface area contributed by atoms with Crippen LogP contribution in [0.2, 0.25) is 0 Å². The van der Waals surface area contributed by atoms with Crippen LogP contribution in [0.25, 0.3) is 0 Å². The van der Waals surface area contributed by atoms with Gasteiger partial charge in [0.15, 0.2) is 0 Å². The third-order valence-electron chi connectivity index (χ3n) is 3.70. The topological polar surface area (TPSA) is 12.0 Å². The number of likely N-dealkylation sites (N-methyl/N-ethyl adjacent to an activating group) is 1. The Morgan fingerprint density at radius 2 is 1.81 bits per heavy atom. The quantitative estimate of drug-likeness (QED) is 0.799. The van der Waals surface area contributed by atoms with E-state index in [1.54, 1.807) is 0 Å². The second-order valence-electron chi connectivity index (χ2n) is 5.33. The van der Waals surface area contributed by atoms with E-state index in [0.717, 1.165) is 23.0 Å². The van der Waals surface area contributed by atoms with Gasteiger partial charge in [-0.05, 0) is 55.1 Å². The third-order valence-corrected chi connectivity index (χ3v) is 4.20. The third kappa shape index (κ3) is 4.65. The Kier molecular flexibility index (Phi) is 5.95. The molecule has 0 saturated heterocycles. The number of halogens is 2. The van der Waals surface area contributed by atoms with Crippen molar-refractivity contribution in [3.8, 4) is 0 Å². The zero-order valence-corrected chi connectivity index (χ0v) is 14.1. The van der Waals surface area contributed by atoms with Crippen molar-refractivity contribution < 1.29 is 4.39 Å². The van der Waals surface area contributed by atoms with Crippen molar-refractivity contribution in [2.45, 2.75) is 32.7 Å². The van der Waals surface area contributed by atoms with Crippen molar-refractivity contribution in [2.24, 2.45) is 0 Å². The lowest BCUT2D eigenvalue weighted by molar-refractivity contribution is 0.505. The first kappa shape index (κ1) is 16.2. The van der Waals surface area contributed by atoms with Crippen LogP contribution in [0.3, 0.4) is 0 Å². The summed E-state index contributed by atoms with van der Waals surface area (Å²) in [4.78, 5) is 0. The second-order valence-corrected chi connectivity index (χ2v) is 6.24. The minimum absolute atomic E-state index is 0.142. The predicted molar refractivity (Wildman–Crippen MR) is 90.2 cm³/mol. The Morgan fingerprint density at radius 3 is 2.48 bits per heavy atom. The molecule has 1 unspecified atom stereocenters. The van der Waals surface area contributed by atoms with E-state index in [2.05, 4.69) is 59.4 Å². The fraction of sp³-hybridized carbons (Fsp3) is 0.333. The molecule has 0 aliphatic carbocycles. The van der Waals surface area contributed by atoms with Gasteiger partial charge in [0.1, 0.15) is 5.82 Å². The lowest BCUT2D eigenvalue weighted by Crippen LogP contribution is -2.33. The fourth-order valence-electron chi connectivity index (χ4n) is 2.56. The molecule has 2 aromatic rings. The average Bonchev–Trinajstić information content (AvgIpc) is 2.44. The van der Waals surface area contributed by atoms with E-state index < -0.39 is 0 Å². The molecule has 0 aromatic heterocycles. The second kappa shape index (κ2) is 7.71. The Bertz CT molecular complexity index is 598. The number of benzene rings is 2. The first-order valence-corrected chi connectivity index (χ1v) is 8.11. The molecule has 1 atom stereocenters. The number of nitrogens with one attached hydrogen (secondary N) is 1. The molecular weight excluding hydrogens is 329 g/mol. The van der Waals surface area contributed by atoms with Gasteiger partial charge < -0.3 is 5.32 Å². The van der Waals surface area contributed by atoms with E-state index in [9.17, 15) is 4.39 Å². The number of hydrogen-bond acceptors (Lipinski definition) is 1. The molecule has 112 valence electrons. The summed E-state index contributed by atoms with van der Waals surface area (Å²) in [5.41, 5.74) is 3.37. The minimum atomic E-state index is -0.142. The number of aryl methyl sites for hydroxylation is 1. The predicted octanol–water partition coefficient (Wildman–Crippen LogP) is 4.66. The van der Waals surface area contributed by atoms with E-state index in [1.165, 1.54) is 17.2 Å². The molecule has 0 fully saturated rings. The lowest BCUT2D eigenvalue weighted by Gasteiger charge is -2.19. The molecule has 1 nitrogen and oxygen atoms in total. The van der Waals surface area contributed by atoms with Gasteiger partial charge in [-0.3, -0.25) is 0 Å². The van der Waals surface area contributed by atoms with Gasteiger partial charge in [0.2, 0.25) is 0 Å². The standard InChI is InChI=1S/C18H21BrFN/c1-3-21-17(10-14-7-5-4-6-13(14)2)11-15-8-9-16(19)12-18(15)20/h4-9,12,17,21H,3,10-11H2,1-2H3. The van der Waals surface area contributed by atoms with Crippen LogP contribution in [0.5, 0.6) is 0 Å². The van der Waals surface area contributed by atoms with Gasteiger partial charge in [0.05, 0.1) is 0 Å². The first-order chi connectivity index (χ1) is 10.1. The maximum absolute atomic E-state index is 14.0. The summed E-state index contributed by atoms with van der Waals surface area (Å²) in [5, 5.41) is 3.47. The van der Waals surface area contributed by atoms with Gasteiger partial charge in [-0.2, -0.15) is 0 Å². The van der Waals surface area contributed by atoms with Crippen LogP contribution in [0, 0.1) is 12.7 Å². The van der Waals surface area contributed by atoms with Crippen LogP contribution in [0.1, 0.15) is 23.6 Å². The Labute approximate surface area is 134 Å². The molecule has 0 spiro atoms. The van der Waals surface area contributed by atoms with Crippen molar-refractivity contribution in [3.63, 3.8) is 0 Å². The fourth-order valence-corrected chi connectivity index (χ4v) is 2.90. The SMILES string of the molecule is CCNC(Cc1ccccc1C)Cc1ccc(Br)cc1F. The van der Waals surface area contributed by atoms with Crippen LogP contribution in [0.15, 0.2) is 46.9 Å². The van der Waals surface area contributed by atoms with Crippen molar-refractivity contribution in [3.05, 3.63) is 69.4 Å². The minimum Gasteiger partial charge on any atom is -0.314 e. The Morgan fingerprint density at radius 1 is 1.10 bits per heavy atom. The molecule has 0 radical (unpaired) electrons. The molecule has 0 aliphatic heterocycles. The van der Waals surface area contributed by atoms with E-state index in [4.69, 9.17) is 0 Å². The summed E-state index contributed by atoms with van der Waals surface area (Å²) in [6.45, 7) is 5.09. The Hall–Kier alpha value is -1.19. The zero-order valence-electron chi connectivity index (χ0n) is 12.5. The summed E-state index contributed by atoms with van der Waals surface area (Å²) in [6.07, 6.45) is 1.61. The molecule has 0 bridgehead atoms. The molecule has 3 heteroatoms. The molecule has 2 aromatic carbocycles. The molecule has 0 saturated carbocycles. The molecule has 2 rings (SSSR count). The van der Waals surface area contributed by atoms with Gasteiger partial charge >= 0.3 is 0 Å². The van der Waals surface area contributed by atoms with E-state index in [-0.39, 0.29) is 11.9 Å². The lowest BCUT2D eigenvalue weighted by atomic mass is 9.96. The molecule has 1 N–H and O–H groups in total. The summed E-state index contributed by atoms with van der Waals surface area (Å²) < 4.78 is 14.8. The number of rotatable bonds is 6. The van der Waals surface area contributed by atoms with Gasteiger partial charge in [-0.1, -0.05) is 53.2 Å². The van der Waals surface area contributed by atoms with Crippen molar-refractivity contribution in [1.29, 1.82) is 0 Å². The van der Waals surface area contributed by atoms with E-state index in [1.807, 2.05) is 12.1 Å². The highest BCUT2D eigenvalue weighted by molar-refractivity contribution is 9.10. The molecular formula is C18H21BrFN. The maximum Gasteiger partial charge on any atom is 0.127 e. The smallest absolute Gasteiger partial charge is 0.127 e. The van der Waals surface area contributed by atoms with Crippen molar-refractivity contribution >= 4 is 15.9 Å². The van der Waals surface area contributed by atoms with Crippen molar-refractivity contribution in [1.82, 2.24) is 5.32 Å².